The molecule has 1 aromatic rings. The van der Waals surface area contributed by atoms with Gasteiger partial charge in [0, 0.05) is 12.6 Å². The lowest BCUT2D eigenvalue weighted by Gasteiger charge is -2.24. The number of nitrogens with zero attached hydrogens (tertiary/aromatic N) is 1. The molecule has 29 heavy (non-hydrogen) atoms. The highest BCUT2D eigenvalue weighted by Crippen LogP contribution is 2.18. The fourth-order valence-corrected chi connectivity index (χ4v) is 2.66. The number of ketones is 1. The summed E-state index contributed by atoms with van der Waals surface area (Å²) in [5.41, 5.74) is -0.635. The third-order valence-corrected chi connectivity index (χ3v) is 4.12. The number of pyridine rings is 1. The number of halogens is 1. The van der Waals surface area contributed by atoms with E-state index in [0.29, 0.717) is 0 Å². The molecule has 1 aromatic heterocycles. The number of carboxylic acid groups (broad SMARTS) is 1. The number of hydrogen-bond donors (Lipinski definition) is 3. The predicted octanol–water partition coefficient (Wildman–Crippen LogP) is 1.28. The standard InChI is InChI=1S/C19H26FN3O6/c1-4-16(25)21-12-6-5-7-23(19(12)29)14(8-11(2)3)18(28)22-13(9-17(26)27)15(24)10-20/h5-7,11,13-14H,4,8-10H2,1-3H3,(H,21,25)(H,22,28)(H,26,27)/t13?,14-/m0/s1. The molecule has 0 aliphatic carbocycles. The second-order valence-corrected chi connectivity index (χ2v) is 6.94. The van der Waals surface area contributed by atoms with Crippen LogP contribution in [0.4, 0.5) is 10.1 Å². The lowest BCUT2D eigenvalue weighted by Crippen LogP contribution is -2.47. The molecule has 10 heteroatoms. The number of carbonyl (C=O) groups excluding carboxylic acids is 3. The first-order valence-corrected chi connectivity index (χ1v) is 9.22. The molecule has 0 aliphatic rings. The number of hydrogen-bond acceptors (Lipinski definition) is 5. The molecule has 0 spiro atoms. The highest BCUT2D eigenvalue weighted by molar-refractivity contribution is 5.93. The van der Waals surface area contributed by atoms with Gasteiger partial charge in [-0.05, 0) is 24.5 Å². The number of rotatable bonds is 11. The van der Waals surface area contributed by atoms with Crippen LogP contribution in [0.5, 0.6) is 0 Å². The zero-order valence-corrected chi connectivity index (χ0v) is 16.6. The number of carbonyl (C=O) groups is 4. The summed E-state index contributed by atoms with van der Waals surface area (Å²) in [6.45, 7) is 3.83. The predicted molar refractivity (Wildman–Crippen MR) is 103 cm³/mol. The minimum Gasteiger partial charge on any atom is -0.481 e. The number of anilines is 1. The van der Waals surface area contributed by atoms with Crippen molar-refractivity contribution in [2.45, 2.75) is 52.1 Å². The van der Waals surface area contributed by atoms with E-state index in [2.05, 4.69) is 10.6 Å². The summed E-state index contributed by atoms with van der Waals surface area (Å²) in [6, 6.07) is 0.258. The molecule has 0 fully saturated rings. The van der Waals surface area contributed by atoms with E-state index in [4.69, 9.17) is 5.11 Å². The lowest BCUT2D eigenvalue weighted by molar-refractivity contribution is -0.140. The third-order valence-electron chi connectivity index (χ3n) is 4.12. The van der Waals surface area contributed by atoms with Crippen molar-refractivity contribution in [2.24, 2.45) is 5.92 Å². The van der Waals surface area contributed by atoms with E-state index in [1.807, 2.05) is 13.8 Å². The van der Waals surface area contributed by atoms with Gasteiger partial charge in [-0.25, -0.2) is 4.39 Å². The maximum absolute atomic E-state index is 12.8. The van der Waals surface area contributed by atoms with E-state index in [0.717, 1.165) is 4.57 Å². The summed E-state index contributed by atoms with van der Waals surface area (Å²) in [5, 5.41) is 13.6. The summed E-state index contributed by atoms with van der Waals surface area (Å²) in [7, 11) is 0. The van der Waals surface area contributed by atoms with Crippen LogP contribution in [-0.2, 0) is 19.2 Å². The van der Waals surface area contributed by atoms with Crippen molar-refractivity contribution < 1.29 is 28.7 Å². The highest BCUT2D eigenvalue weighted by Gasteiger charge is 2.29. The Hall–Kier alpha value is -3.04. The molecule has 1 rings (SSSR count). The molecule has 0 aliphatic heterocycles. The van der Waals surface area contributed by atoms with Gasteiger partial charge in [-0.1, -0.05) is 20.8 Å². The van der Waals surface area contributed by atoms with E-state index >= 15 is 0 Å². The Balaban J connectivity index is 3.26. The van der Waals surface area contributed by atoms with Crippen molar-refractivity contribution in [1.82, 2.24) is 9.88 Å². The van der Waals surface area contributed by atoms with E-state index in [1.165, 1.54) is 18.3 Å². The van der Waals surface area contributed by atoms with Gasteiger partial charge in [-0.15, -0.1) is 0 Å². The summed E-state index contributed by atoms with van der Waals surface area (Å²) in [5.74, 6) is -3.65. The number of alkyl halides is 1. The molecular formula is C19H26FN3O6. The minimum atomic E-state index is -1.54. The number of aromatic nitrogens is 1. The van der Waals surface area contributed by atoms with Crippen LogP contribution in [0, 0.1) is 5.92 Å². The Labute approximate surface area is 167 Å². The van der Waals surface area contributed by atoms with Gasteiger partial charge in [-0.3, -0.25) is 24.0 Å². The van der Waals surface area contributed by atoms with Crippen LogP contribution in [0.15, 0.2) is 23.1 Å². The van der Waals surface area contributed by atoms with E-state index in [-0.39, 0.29) is 30.4 Å². The number of carboxylic acids is 1. The van der Waals surface area contributed by atoms with Gasteiger partial charge in [-0.2, -0.15) is 0 Å². The summed E-state index contributed by atoms with van der Waals surface area (Å²) >= 11 is 0. The highest BCUT2D eigenvalue weighted by atomic mass is 19.1. The zero-order chi connectivity index (χ0) is 22.1. The molecule has 2 atom stereocenters. The quantitative estimate of drug-likeness (QED) is 0.502. The molecule has 160 valence electrons. The van der Waals surface area contributed by atoms with Gasteiger partial charge in [0.25, 0.3) is 5.56 Å². The molecule has 1 heterocycles. The molecule has 0 bridgehead atoms. The maximum Gasteiger partial charge on any atom is 0.305 e. The summed E-state index contributed by atoms with van der Waals surface area (Å²) in [6.07, 6.45) is 0.942. The van der Waals surface area contributed by atoms with Crippen LogP contribution >= 0.6 is 0 Å². The van der Waals surface area contributed by atoms with Crippen molar-refractivity contribution in [3.05, 3.63) is 28.7 Å². The Morgan fingerprint density at radius 3 is 2.41 bits per heavy atom. The van der Waals surface area contributed by atoms with Crippen LogP contribution in [0.25, 0.3) is 0 Å². The topological polar surface area (TPSA) is 135 Å². The van der Waals surface area contributed by atoms with Crippen LogP contribution in [0.1, 0.15) is 46.1 Å². The average molecular weight is 411 g/mol. The largest absolute Gasteiger partial charge is 0.481 e. The van der Waals surface area contributed by atoms with Crippen LogP contribution in [0.2, 0.25) is 0 Å². The number of aliphatic carboxylic acids is 1. The Morgan fingerprint density at radius 1 is 1.24 bits per heavy atom. The monoisotopic (exact) mass is 411 g/mol. The SMILES string of the molecule is CCC(=O)Nc1cccn([C@@H](CC(C)C)C(=O)NC(CC(=O)O)C(=O)CF)c1=O. The third kappa shape index (κ3) is 7.13. The molecular weight excluding hydrogens is 385 g/mol. The average Bonchev–Trinajstić information content (AvgIpc) is 2.66. The smallest absolute Gasteiger partial charge is 0.305 e. The molecule has 1 unspecified atom stereocenters. The number of nitrogens with one attached hydrogen (secondary N) is 2. The Bertz CT molecular complexity index is 820. The molecule has 3 N–H and O–H groups in total. The molecule has 0 aromatic carbocycles. The van der Waals surface area contributed by atoms with Crippen molar-refractivity contribution in [1.29, 1.82) is 0 Å². The number of Topliss-reactive ketones (excluding diaryl/α,β-unsaturated/α-hetero) is 1. The van der Waals surface area contributed by atoms with Gasteiger partial charge in [0.2, 0.25) is 11.8 Å². The van der Waals surface area contributed by atoms with Crippen LogP contribution < -0.4 is 16.2 Å². The van der Waals surface area contributed by atoms with Gasteiger partial charge < -0.3 is 20.3 Å². The van der Waals surface area contributed by atoms with Crippen LogP contribution in [0.3, 0.4) is 0 Å². The van der Waals surface area contributed by atoms with Gasteiger partial charge in [0.15, 0.2) is 5.78 Å². The van der Waals surface area contributed by atoms with Crippen LogP contribution in [-0.4, -0.2) is 46.0 Å². The maximum atomic E-state index is 12.8. The van der Waals surface area contributed by atoms with Crippen molar-refractivity contribution in [3.8, 4) is 0 Å². The molecule has 0 saturated heterocycles. The fraction of sp³-hybridized carbons (Fsp3) is 0.526. The zero-order valence-electron chi connectivity index (χ0n) is 16.6. The molecule has 9 nitrogen and oxygen atoms in total. The first-order valence-electron chi connectivity index (χ1n) is 9.22. The van der Waals surface area contributed by atoms with Gasteiger partial charge in [0.1, 0.15) is 24.4 Å². The first kappa shape index (κ1) is 24.0. The first-order chi connectivity index (χ1) is 13.6. The normalized spacial score (nSPS) is 12.9. The molecule has 0 saturated carbocycles. The second kappa shape index (κ2) is 11.1. The van der Waals surface area contributed by atoms with Crippen molar-refractivity contribution >= 4 is 29.3 Å². The Kier molecular flexibility index (Phi) is 9.17. The Morgan fingerprint density at radius 2 is 1.90 bits per heavy atom. The summed E-state index contributed by atoms with van der Waals surface area (Å²) in [4.78, 5) is 59.8. The second-order valence-electron chi connectivity index (χ2n) is 6.94. The fourth-order valence-electron chi connectivity index (χ4n) is 2.66. The van der Waals surface area contributed by atoms with Gasteiger partial charge in [0.05, 0.1) is 6.42 Å². The van der Waals surface area contributed by atoms with Gasteiger partial charge >= 0.3 is 5.97 Å². The van der Waals surface area contributed by atoms with E-state index < -0.39 is 48.4 Å². The molecule has 2 amide bonds. The lowest BCUT2D eigenvalue weighted by atomic mass is 10.0. The molecule has 0 radical (unpaired) electrons. The van der Waals surface area contributed by atoms with Crippen molar-refractivity contribution in [3.63, 3.8) is 0 Å². The minimum absolute atomic E-state index is 0.0113. The van der Waals surface area contributed by atoms with Crippen molar-refractivity contribution in [2.75, 3.05) is 12.0 Å². The summed E-state index contributed by atoms with van der Waals surface area (Å²) < 4.78 is 13.9. The van der Waals surface area contributed by atoms with E-state index in [9.17, 15) is 28.4 Å². The van der Waals surface area contributed by atoms with E-state index in [1.54, 1.807) is 6.92 Å². The number of amides is 2.